The molecule has 0 amide bonds. The molecule has 1 aliphatic carbocycles. The zero-order chi connectivity index (χ0) is 16.4. The van der Waals surface area contributed by atoms with Gasteiger partial charge in [0.2, 0.25) is 0 Å². The summed E-state index contributed by atoms with van der Waals surface area (Å²) < 4.78 is 13.7. The third kappa shape index (κ3) is 3.12. The van der Waals surface area contributed by atoms with E-state index in [2.05, 4.69) is 43.5 Å². The number of nitrogens with two attached hydrogens (primary N) is 1. The second-order valence-corrected chi connectivity index (χ2v) is 6.54. The standard InChI is InChI=1S/C20H20FNS/c1-13-17(9-10-22)20-12-15(21)5-8-18(20)19(13)11-14-3-6-16(23-2)7-4-14/h3-8,11-12H,9-10,22H2,1-2H3/b19-11-. The molecule has 0 radical (unpaired) electrons. The molecule has 0 aliphatic heterocycles. The Labute approximate surface area is 141 Å². The van der Waals surface area contributed by atoms with Gasteiger partial charge >= 0.3 is 0 Å². The highest BCUT2D eigenvalue weighted by Gasteiger charge is 2.23. The normalized spacial score (nSPS) is 15.4. The van der Waals surface area contributed by atoms with E-state index in [0.717, 1.165) is 28.7 Å². The summed E-state index contributed by atoms with van der Waals surface area (Å²) in [6.07, 6.45) is 5.02. The van der Waals surface area contributed by atoms with E-state index in [4.69, 9.17) is 5.73 Å². The minimum Gasteiger partial charge on any atom is -0.330 e. The van der Waals surface area contributed by atoms with Crippen molar-refractivity contribution in [2.24, 2.45) is 5.73 Å². The Hall–Kier alpha value is -1.84. The number of hydrogen-bond donors (Lipinski definition) is 1. The van der Waals surface area contributed by atoms with Crippen molar-refractivity contribution in [3.63, 3.8) is 0 Å². The maximum atomic E-state index is 13.7. The molecule has 0 fully saturated rings. The number of thioether (sulfide) groups is 1. The van der Waals surface area contributed by atoms with Crippen molar-refractivity contribution in [2.75, 3.05) is 12.8 Å². The van der Waals surface area contributed by atoms with Gasteiger partial charge in [-0.05, 0) is 89.9 Å². The van der Waals surface area contributed by atoms with E-state index in [1.165, 1.54) is 22.1 Å². The summed E-state index contributed by atoms with van der Waals surface area (Å²) in [4.78, 5) is 1.25. The van der Waals surface area contributed by atoms with Gasteiger partial charge in [0.15, 0.2) is 0 Å². The first-order valence-corrected chi connectivity index (χ1v) is 8.92. The van der Waals surface area contributed by atoms with Gasteiger partial charge in [-0.2, -0.15) is 0 Å². The Morgan fingerprint density at radius 2 is 1.83 bits per heavy atom. The summed E-state index contributed by atoms with van der Waals surface area (Å²) in [5.74, 6) is -0.198. The first-order chi connectivity index (χ1) is 11.1. The zero-order valence-electron chi connectivity index (χ0n) is 13.4. The molecule has 1 aliphatic rings. The van der Waals surface area contributed by atoms with Crippen LogP contribution in [-0.4, -0.2) is 12.8 Å². The second-order valence-electron chi connectivity index (χ2n) is 5.66. The Kier molecular flexibility index (Phi) is 4.69. The smallest absolute Gasteiger partial charge is 0.123 e. The number of benzene rings is 2. The van der Waals surface area contributed by atoms with Gasteiger partial charge in [-0.3, -0.25) is 0 Å². The predicted octanol–water partition coefficient (Wildman–Crippen LogP) is 5.22. The van der Waals surface area contributed by atoms with Crippen molar-refractivity contribution in [3.8, 4) is 0 Å². The van der Waals surface area contributed by atoms with Gasteiger partial charge in [0.25, 0.3) is 0 Å². The van der Waals surface area contributed by atoms with Crippen LogP contribution in [0.2, 0.25) is 0 Å². The molecule has 0 saturated carbocycles. The van der Waals surface area contributed by atoms with Gasteiger partial charge in [-0.1, -0.05) is 18.2 Å². The summed E-state index contributed by atoms with van der Waals surface area (Å²) in [7, 11) is 0. The number of halogens is 1. The monoisotopic (exact) mass is 325 g/mol. The molecule has 0 aromatic heterocycles. The van der Waals surface area contributed by atoms with Crippen molar-refractivity contribution >= 4 is 29.0 Å². The lowest BCUT2D eigenvalue weighted by Gasteiger charge is -2.05. The molecule has 0 saturated heterocycles. The van der Waals surface area contributed by atoms with Crippen molar-refractivity contribution in [1.82, 2.24) is 0 Å². The first kappa shape index (κ1) is 16.0. The molecule has 1 nitrogen and oxygen atoms in total. The number of allylic oxidation sites excluding steroid dienone is 2. The summed E-state index contributed by atoms with van der Waals surface area (Å²) in [5.41, 5.74) is 12.5. The third-order valence-corrected chi connectivity index (χ3v) is 5.02. The van der Waals surface area contributed by atoms with Crippen LogP contribution in [0.4, 0.5) is 4.39 Å². The molecular formula is C20H20FNS. The average molecular weight is 325 g/mol. The van der Waals surface area contributed by atoms with Gasteiger partial charge in [0.1, 0.15) is 5.82 Å². The van der Waals surface area contributed by atoms with Gasteiger partial charge < -0.3 is 5.73 Å². The lowest BCUT2D eigenvalue weighted by Crippen LogP contribution is -2.00. The summed E-state index contributed by atoms with van der Waals surface area (Å²) >= 11 is 1.73. The van der Waals surface area contributed by atoms with Crippen molar-refractivity contribution < 1.29 is 4.39 Å². The quantitative estimate of drug-likeness (QED) is 0.780. The molecule has 0 spiro atoms. The molecule has 0 unspecified atom stereocenters. The number of fused-ring (bicyclic) bond motifs is 1. The van der Waals surface area contributed by atoms with Gasteiger partial charge in [-0.25, -0.2) is 4.39 Å². The summed E-state index contributed by atoms with van der Waals surface area (Å²) in [5, 5.41) is 0. The van der Waals surface area contributed by atoms with E-state index in [1.807, 2.05) is 6.07 Å². The molecule has 2 N–H and O–H groups in total. The Morgan fingerprint density at radius 3 is 2.48 bits per heavy atom. The zero-order valence-corrected chi connectivity index (χ0v) is 14.2. The molecule has 23 heavy (non-hydrogen) atoms. The van der Waals surface area contributed by atoms with Gasteiger partial charge in [0.05, 0.1) is 0 Å². The van der Waals surface area contributed by atoms with Crippen molar-refractivity contribution in [1.29, 1.82) is 0 Å². The first-order valence-electron chi connectivity index (χ1n) is 7.70. The van der Waals surface area contributed by atoms with Crippen molar-refractivity contribution in [2.45, 2.75) is 18.2 Å². The molecule has 3 heteroatoms. The Bertz CT molecular complexity index is 788. The maximum absolute atomic E-state index is 13.7. The lowest BCUT2D eigenvalue weighted by atomic mass is 10.0. The van der Waals surface area contributed by atoms with E-state index < -0.39 is 0 Å². The third-order valence-electron chi connectivity index (χ3n) is 4.27. The van der Waals surface area contributed by atoms with E-state index in [-0.39, 0.29) is 5.82 Å². The molecule has 118 valence electrons. The molecule has 0 bridgehead atoms. The molecule has 0 heterocycles. The minimum atomic E-state index is -0.198. The summed E-state index contributed by atoms with van der Waals surface area (Å²) in [6.45, 7) is 2.67. The minimum absolute atomic E-state index is 0.198. The highest BCUT2D eigenvalue weighted by atomic mass is 32.2. The molecule has 3 rings (SSSR count). The number of rotatable bonds is 4. The van der Waals surface area contributed by atoms with Crippen LogP contribution in [-0.2, 0) is 0 Å². The van der Waals surface area contributed by atoms with Crippen LogP contribution in [0.5, 0.6) is 0 Å². The number of hydrogen-bond acceptors (Lipinski definition) is 2. The fraction of sp³-hybridized carbons (Fsp3) is 0.200. The highest BCUT2D eigenvalue weighted by molar-refractivity contribution is 7.98. The van der Waals surface area contributed by atoms with E-state index in [9.17, 15) is 4.39 Å². The van der Waals surface area contributed by atoms with Crippen LogP contribution in [0.25, 0.3) is 17.2 Å². The highest BCUT2D eigenvalue weighted by Crippen LogP contribution is 2.43. The molecule has 2 aromatic carbocycles. The van der Waals surface area contributed by atoms with E-state index >= 15 is 0 Å². The van der Waals surface area contributed by atoms with Crippen LogP contribution in [0.1, 0.15) is 30.0 Å². The Morgan fingerprint density at radius 1 is 1.09 bits per heavy atom. The van der Waals surface area contributed by atoms with Crippen molar-refractivity contribution in [3.05, 3.63) is 70.5 Å². The van der Waals surface area contributed by atoms with Crippen LogP contribution in [0.15, 0.2) is 52.9 Å². The largest absolute Gasteiger partial charge is 0.330 e. The van der Waals surface area contributed by atoms with E-state index in [1.54, 1.807) is 17.8 Å². The Balaban J connectivity index is 2.09. The average Bonchev–Trinajstić information content (AvgIpc) is 2.81. The van der Waals surface area contributed by atoms with Gasteiger partial charge in [-0.15, -0.1) is 11.8 Å². The van der Waals surface area contributed by atoms with Crippen LogP contribution in [0.3, 0.4) is 0 Å². The molecule has 0 atom stereocenters. The van der Waals surface area contributed by atoms with Crippen LogP contribution < -0.4 is 5.73 Å². The van der Waals surface area contributed by atoms with E-state index in [0.29, 0.717) is 6.54 Å². The van der Waals surface area contributed by atoms with Gasteiger partial charge in [0, 0.05) is 4.90 Å². The SMILES string of the molecule is CSc1ccc(/C=C2/C(C)=C(CCN)c3cc(F)ccc32)cc1. The molecular weight excluding hydrogens is 305 g/mol. The topological polar surface area (TPSA) is 26.0 Å². The predicted molar refractivity (Wildman–Crippen MR) is 98.8 cm³/mol. The summed E-state index contributed by atoms with van der Waals surface area (Å²) in [6, 6.07) is 13.5. The maximum Gasteiger partial charge on any atom is 0.123 e. The second kappa shape index (κ2) is 6.73. The van der Waals surface area contributed by atoms with Crippen LogP contribution in [0, 0.1) is 5.82 Å². The fourth-order valence-corrected chi connectivity index (χ4v) is 3.50. The lowest BCUT2D eigenvalue weighted by molar-refractivity contribution is 0.627. The van der Waals surface area contributed by atoms with Crippen LogP contribution >= 0.6 is 11.8 Å². The fourth-order valence-electron chi connectivity index (χ4n) is 3.09. The molecule has 2 aromatic rings.